The van der Waals surface area contributed by atoms with Gasteiger partial charge in [0.25, 0.3) is 5.91 Å². The van der Waals surface area contributed by atoms with Gasteiger partial charge in [0.2, 0.25) is 11.7 Å². The molecule has 0 radical (unpaired) electrons. The number of benzene rings is 1. The summed E-state index contributed by atoms with van der Waals surface area (Å²) in [5, 5.41) is 15.3. The van der Waals surface area contributed by atoms with E-state index in [2.05, 4.69) is 20.7 Å². The zero-order valence-corrected chi connectivity index (χ0v) is 20.1. The molecule has 0 aliphatic heterocycles. The van der Waals surface area contributed by atoms with Crippen molar-refractivity contribution in [3.8, 4) is 11.6 Å². The van der Waals surface area contributed by atoms with Gasteiger partial charge >= 0.3 is 0 Å². The highest BCUT2D eigenvalue weighted by Gasteiger charge is 2.33. The number of amides is 2. The molecule has 0 aliphatic rings. The first kappa shape index (κ1) is 24.2. The highest BCUT2D eigenvalue weighted by atomic mass is 16.3. The summed E-state index contributed by atoms with van der Waals surface area (Å²) in [6.45, 7) is 11.3. The highest BCUT2D eigenvalue weighted by molar-refractivity contribution is 6.01. The Morgan fingerprint density at radius 3 is 2.48 bits per heavy atom. The standard InChI is InChI=1S/C24H32N6O3/c1-7-10-19(23(32)25-24(4,5)6)30(18-12-9-8-11-16(18)2)21(31)15-29-27-22(26-28-29)20-14-13-17(3)33-20/h8-9,11-14,19H,7,10,15H2,1-6H3,(H,25,32)/t19-/m1/s1. The van der Waals surface area contributed by atoms with Crippen LogP contribution in [0.1, 0.15) is 51.9 Å². The van der Waals surface area contributed by atoms with E-state index in [1.54, 1.807) is 11.0 Å². The van der Waals surface area contributed by atoms with E-state index in [1.165, 1.54) is 4.80 Å². The molecular weight excluding hydrogens is 420 g/mol. The number of hydrogen-bond donors (Lipinski definition) is 1. The van der Waals surface area contributed by atoms with Crippen molar-refractivity contribution in [3.63, 3.8) is 0 Å². The van der Waals surface area contributed by atoms with Crippen LogP contribution in [0.15, 0.2) is 40.8 Å². The van der Waals surface area contributed by atoms with E-state index in [0.717, 1.165) is 17.7 Å². The van der Waals surface area contributed by atoms with Gasteiger partial charge in [-0.15, -0.1) is 10.2 Å². The Morgan fingerprint density at radius 2 is 1.88 bits per heavy atom. The summed E-state index contributed by atoms with van der Waals surface area (Å²) in [6, 6.07) is 10.4. The minimum absolute atomic E-state index is 0.163. The van der Waals surface area contributed by atoms with E-state index in [0.29, 0.717) is 23.7 Å². The average Bonchev–Trinajstić information content (AvgIpc) is 3.36. The zero-order valence-electron chi connectivity index (χ0n) is 20.1. The van der Waals surface area contributed by atoms with Gasteiger partial charge in [0.1, 0.15) is 18.3 Å². The number of carbonyl (C=O) groups excluding carboxylic acids is 2. The van der Waals surface area contributed by atoms with E-state index in [4.69, 9.17) is 4.42 Å². The predicted octanol–water partition coefficient (Wildman–Crippen LogP) is 3.67. The third kappa shape index (κ3) is 6.06. The molecule has 3 aromatic rings. The lowest BCUT2D eigenvalue weighted by Gasteiger charge is -2.34. The number of nitrogens with one attached hydrogen (secondary N) is 1. The molecule has 0 saturated heterocycles. The molecule has 2 aromatic heterocycles. The van der Waals surface area contributed by atoms with Crippen LogP contribution in [0.5, 0.6) is 0 Å². The molecule has 1 aromatic carbocycles. The maximum absolute atomic E-state index is 13.6. The summed E-state index contributed by atoms with van der Waals surface area (Å²) >= 11 is 0. The topological polar surface area (TPSA) is 106 Å². The molecule has 0 saturated carbocycles. The Balaban J connectivity index is 1.93. The van der Waals surface area contributed by atoms with Crippen molar-refractivity contribution < 1.29 is 14.0 Å². The van der Waals surface area contributed by atoms with E-state index in [1.807, 2.05) is 71.9 Å². The van der Waals surface area contributed by atoms with Gasteiger partial charge in [0.05, 0.1) is 0 Å². The van der Waals surface area contributed by atoms with Crippen molar-refractivity contribution in [3.05, 3.63) is 47.7 Å². The van der Waals surface area contributed by atoms with Crippen molar-refractivity contribution >= 4 is 17.5 Å². The van der Waals surface area contributed by atoms with E-state index >= 15 is 0 Å². The molecule has 0 fully saturated rings. The number of rotatable bonds is 8. The van der Waals surface area contributed by atoms with Gasteiger partial charge in [-0.2, -0.15) is 4.80 Å². The molecule has 176 valence electrons. The molecule has 2 heterocycles. The Kier molecular flexibility index (Phi) is 7.30. The van der Waals surface area contributed by atoms with Crippen LogP contribution in [-0.4, -0.2) is 43.6 Å². The number of aryl methyl sites for hydroxylation is 2. The van der Waals surface area contributed by atoms with Gasteiger partial charge in [0.15, 0.2) is 5.76 Å². The second-order valence-electron chi connectivity index (χ2n) is 9.15. The number of para-hydroxylation sites is 1. The minimum Gasteiger partial charge on any atom is -0.458 e. The first-order chi connectivity index (χ1) is 15.6. The molecule has 9 heteroatoms. The molecular formula is C24H32N6O3. The molecule has 2 amide bonds. The monoisotopic (exact) mass is 452 g/mol. The minimum atomic E-state index is -0.668. The van der Waals surface area contributed by atoms with Gasteiger partial charge in [-0.05, 0) is 70.0 Å². The molecule has 3 rings (SSSR count). The fourth-order valence-electron chi connectivity index (χ4n) is 3.57. The zero-order chi connectivity index (χ0) is 24.2. The number of anilines is 1. The third-order valence-corrected chi connectivity index (χ3v) is 5.01. The molecule has 0 unspecified atom stereocenters. The Labute approximate surface area is 194 Å². The van der Waals surface area contributed by atoms with Crippen molar-refractivity contribution in [1.29, 1.82) is 0 Å². The number of nitrogens with zero attached hydrogens (tertiary/aromatic N) is 5. The summed E-state index contributed by atoms with van der Waals surface area (Å²) < 4.78 is 5.54. The van der Waals surface area contributed by atoms with Crippen molar-refractivity contribution in [2.24, 2.45) is 0 Å². The summed E-state index contributed by atoms with van der Waals surface area (Å²) in [6.07, 6.45) is 1.26. The Morgan fingerprint density at radius 1 is 1.15 bits per heavy atom. The maximum atomic E-state index is 13.6. The van der Waals surface area contributed by atoms with Crippen molar-refractivity contribution in [2.45, 2.75) is 72.5 Å². The Hall–Kier alpha value is -3.49. The largest absolute Gasteiger partial charge is 0.458 e. The van der Waals surface area contributed by atoms with Gasteiger partial charge in [-0.25, -0.2) is 0 Å². The smallest absolute Gasteiger partial charge is 0.251 e. The van der Waals surface area contributed by atoms with Crippen LogP contribution in [0, 0.1) is 13.8 Å². The van der Waals surface area contributed by atoms with Crippen LogP contribution in [-0.2, 0) is 16.1 Å². The lowest BCUT2D eigenvalue weighted by atomic mass is 10.0. The quantitative estimate of drug-likeness (QED) is 0.559. The summed E-state index contributed by atoms with van der Waals surface area (Å²) in [5.74, 6) is 1.02. The fourth-order valence-corrected chi connectivity index (χ4v) is 3.57. The number of furan rings is 1. The Bertz CT molecular complexity index is 1110. The van der Waals surface area contributed by atoms with Crippen molar-refractivity contribution in [1.82, 2.24) is 25.5 Å². The molecule has 9 nitrogen and oxygen atoms in total. The maximum Gasteiger partial charge on any atom is 0.251 e. The van der Waals surface area contributed by atoms with Gasteiger partial charge < -0.3 is 9.73 Å². The van der Waals surface area contributed by atoms with Crippen LogP contribution < -0.4 is 10.2 Å². The summed E-state index contributed by atoms with van der Waals surface area (Å²) in [5.41, 5.74) is 1.16. The van der Waals surface area contributed by atoms with E-state index in [9.17, 15) is 9.59 Å². The number of tetrazole rings is 1. The molecule has 0 spiro atoms. The van der Waals surface area contributed by atoms with E-state index < -0.39 is 11.6 Å². The molecule has 0 aliphatic carbocycles. The lowest BCUT2D eigenvalue weighted by Crippen LogP contribution is -2.55. The number of hydrogen-bond acceptors (Lipinski definition) is 6. The van der Waals surface area contributed by atoms with Crippen LogP contribution >= 0.6 is 0 Å². The molecule has 1 N–H and O–H groups in total. The molecule has 1 atom stereocenters. The number of carbonyl (C=O) groups is 2. The van der Waals surface area contributed by atoms with Gasteiger partial charge in [-0.3, -0.25) is 14.5 Å². The highest BCUT2D eigenvalue weighted by Crippen LogP contribution is 2.25. The van der Waals surface area contributed by atoms with Crippen LogP contribution in [0.25, 0.3) is 11.6 Å². The van der Waals surface area contributed by atoms with Crippen LogP contribution in [0.2, 0.25) is 0 Å². The molecule has 33 heavy (non-hydrogen) atoms. The van der Waals surface area contributed by atoms with Crippen LogP contribution in [0.3, 0.4) is 0 Å². The lowest BCUT2D eigenvalue weighted by molar-refractivity contribution is -0.128. The normalized spacial score (nSPS) is 12.4. The second kappa shape index (κ2) is 9.97. The second-order valence-corrected chi connectivity index (χ2v) is 9.15. The van der Waals surface area contributed by atoms with Gasteiger partial charge in [-0.1, -0.05) is 31.5 Å². The molecule has 0 bridgehead atoms. The van der Waals surface area contributed by atoms with Crippen molar-refractivity contribution in [2.75, 3.05) is 4.90 Å². The third-order valence-electron chi connectivity index (χ3n) is 5.01. The predicted molar refractivity (Wildman–Crippen MR) is 126 cm³/mol. The first-order valence-corrected chi connectivity index (χ1v) is 11.1. The first-order valence-electron chi connectivity index (χ1n) is 11.1. The fraction of sp³-hybridized carbons (Fsp3) is 0.458. The van der Waals surface area contributed by atoms with Crippen LogP contribution in [0.4, 0.5) is 5.69 Å². The average molecular weight is 453 g/mol. The SMILES string of the molecule is CCC[C@H](C(=O)NC(C)(C)C)N(C(=O)Cn1nnc(-c2ccc(C)o2)n1)c1ccccc1C. The summed E-state index contributed by atoms with van der Waals surface area (Å²) in [7, 11) is 0. The van der Waals surface area contributed by atoms with Gasteiger partial charge in [0, 0.05) is 11.2 Å². The number of aromatic nitrogens is 4. The van der Waals surface area contributed by atoms with E-state index in [-0.39, 0.29) is 18.4 Å². The summed E-state index contributed by atoms with van der Waals surface area (Å²) in [4.78, 5) is 29.6.